The first-order valence-electron chi connectivity index (χ1n) is 3.94. The number of nitrogens with two attached hydrogens (primary N) is 1. The lowest BCUT2D eigenvalue weighted by atomic mass is 10.0. The number of rotatable bonds is 4. The minimum absolute atomic E-state index is 0.334. The standard InChI is InChI=1S/C8H11N3O2/c9-3-1-6(8(12)13)7-2-4-10-5-11-7/h2,4-6H,1,3,9H2,(H,12,13). The number of carboxylic acid groups (broad SMARTS) is 1. The van der Waals surface area contributed by atoms with Crippen molar-refractivity contribution in [1.29, 1.82) is 0 Å². The summed E-state index contributed by atoms with van der Waals surface area (Å²) < 4.78 is 0. The third-order valence-corrected chi connectivity index (χ3v) is 1.72. The minimum atomic E-state index is -0.899. The zero-order valence-electron chi connectivity index (χ0n) is 7.05. The van der Waals surface area contributed by atoms with E-state index in [-0.39, 0.29) is 0 Å². The smallest absolute Gasteiger partial charge is 0.312 e. The molecule has 70 valence electrons. The van der Waals surface area contributed by atoms with Crippen molar-refractivity contribution < 1.29 is 9.90 Å². The molecule has 0 aliphatic heterocycles. The van der Waals surface area contributed by atoms with E-state index in [0.29, 0.717) is 18.7 Å². The lowest BCUT2D eigenvalue weighted by Crippen LogP contribution is -2.17. The Hall–Kier alpha value is -1.49. The molecule has 0 fully saturated rings. The first-order chi connectivity index (χ1) is 6.25. The van der Waals surface area contributed by atoms with Crippen LogP contribution < -0.4 is 5.73 Å². The van der Waals surface area contributed by atoms with E-state index in [1.54, 1.807) is 6.07 Å². The van der Waals surface area contributed by atoms with E-state index in [1.807, 2.05) is 0 Å². The summed E-state index contributed by atoms with van der Waals surface area (Å²) in [6.45, 7) is 0.334. The first kappa shape index (κ1) is 9.60. The zero-order chi connectivity index (χ0) is 9.68. The lowest BCUT2D eigenvalue weighted by molar-refractivity contribution is -0.139. The minimum Gasteiger partial charge on any atom is -0.481 e. The van der Waals surface area contributed by atoms with E-state index in [0.717, 1.165) is 0 Å². The Morgan fingerprint density at radius 3 is 2.92 bits per heavy atom. The van der Waals surface area contributed by atoms with E-state index in [1.165, 1.54) is 12.5 Å². The van der Waals surface area contributed by atoms with Crippen molar-refractivity contribution in [1.82, 2.24) is 9.97 Å². The number of hydrogen-bond donors (Lipinski definition) is 2. The summed E-state index contributed by atoms with van der Waals surface area (Å²) in [4.78, 5) is 18.4. The maximum atomic E-state index is 10.8. The van der Waals surface area contributed by atoms with Crippen LogP contribution in [0.3, 0.4) is 0 Å². The van der Waals surface area contributed by atoms with Gasteiger partial charge in [0, 0.05) is 6.20 Å². The van der Waals surface area contributed by atoms with Gasteiger partial charge in [-0.25, -0.2) is 9.97 Å². The van der Waals surface area contributed by atoms with Crippen molar-refractivity contribution in [3.63, 3.8) is 0 Å². The van der Waals surface area contributed by atoms with Gasteiger partial charge in [0.25, 0.3) is 0 Å². The number of nitrogens with zero attached hydrogens (tertiary/aromatic N) is 2. The van der Waals surface area contributed by atoms with Crippen LogP contribution in [0.4, 0.5) is 0 Å². The normalized spacial score (nSPS) is 12.4. The summed E-state index contributed by atoms with van der Waals surface area (Å²) >= 11 is 0. The average molecular weight is 181 g/mol. The predicted molar refractivity (Wildman–Crippen MR) is 46.1 cm³/mol. The van der Waals surface area contributed by atoms with Gasteiger partial charge in [-0.1, -0.05) is 0 Å². The summed E-state index contributed by atoms with van der Waals surface area (Å²) in [5.74, 6) is -1.52. The Bertz CT molecular complexity index is 276. The molecular formula is C8H11N3O2. The fourth-order valence-corrected chi connectivity index (χ4v) is 1.07. The Kier molecular flexibility index (Phi) is 3.33. The van der Waals surface area contributed by atoms with Crippen molar-refractivity contribution in [3.8, 4) is 0 Å². The van der Waals surface area contributed by atoms with E-state index in [2.05, 4.69) is 9.97 Å². The molecule has 0 spiro atoms. The summed E-state index contributed by atoms with van der Waals surface area (Å²) in [7, 11) is 0. The van der Waals surface area contributed by atoms with Gasteiger partial charge in [-0.2, -0.15) is 0 Å². The molecule has 0 radical (unpaired) electrons. The Morgan fingerprint density at radius 2 is 2.46 bits per heavy atom. The summed E-state index contributed by atoms with van der Waals surface area (Å²) in [5, 5.41) is 8.84. The molecule has 1 rings (SSSR count). The van der Waals surface area contributed by atoms with Gasteiger partial charge in [0.05, 0.1) is 5.69 Å². The second-order valence-corrected chi connectivity index (χ2v) is 2.60. The molecule has 1 aromatic rings. The highest BCUT2D eigenvalue weighted by molar-refractivity contribution is 5.75. The number of hydrogen-bond acceptors (Lipinski definition) is 4. The van der Waals surface area contributed by atoms with Gasteiger partial charge >= 0.3 is 5.97 Å². The van der Waals surface area contributed by atoms with Gasteiger partial charge in [0.1, 0.15) is 12.2 Å². The fraction of sp³-hybridized carbons (Fsp3) is 0.375. The topological polar surface area (TPSA) is 89.1 Å². The van der Waals surface area contributed by atoms with Gasteiger partial charge < -0.3 is 10.8 Å². The zero-order valence-corrected chi connectivity index (χ0v) is 7.05. The van der Waals surface area contributed by atoms with E-state index in [4.69, 9.17) is 10.8 Å². The number of aliphatic carboxylic acids is 1. The molecule has 0 bridgehead atoms. The lowest BCUT2D eigenvalue weighted by Gasteiger charge is -2.08. The van der Waals surface area contributed by atoms with Gasteiger partial charge in [0.2, 0.25) is 0 Å². The Labute approximate surface area is 75.6 Å². The van der Waals surface area contributed by atoms with Crippen LogP contribution in [0.2, 0.25) is 0 Å². The van der Waals surface area contributed by atoms with Crippen molar-refractivity contribution in [2.45, 2.75) is 12.3 Å². The molecule has 0 amide bonds. The van der Waals surface area contributed by atoms with Crippen molar-refractivity contribution in [3.05, 3.63) is 24.3 Å². The summed E-state index contributed by atoms with van der Waals surface area (Å²) in [5.41, 5.74) is 5.81. The number of carboxylic acids is 1. The number of aromatic nitrogens is 2. The number of carbonyl (C=O) groups is 1. The highest BCUT2D eigenvalue weighted by atomic mass is 16.4. The molecule has 1 unspecified atom stereocenters. The van der Waals surface area contributed by atoms with Crippen LogP contribution in [0, 0.1) is 0 Å². The molecule has 5 heteroatoms. The molecule has 3 N–H and O–H groups in total. The molecule has 1 aromatic heterocycles. The molecule has 0 saturated carbocycles. The largest absolute Gasteiger partial charge is 0.481 e. The molecule has 0 aromatic carbocycles. The molecule has 13 heavy (non-hydrogen) atoms. The van der Waals surface area contributed by atoms with Gasteiger partial charge in [-0.05, 0) is 19.0 Å². The Morgan fingerprint density at radius 1 is 1.69 bits per heavy atom. The van der Waals surface area contributed by atoms with E-state index < -0.39 is 11.9 Å². The molecule has 1 atom stereocenters. The van der Waals surface area contributed by atoms with Crippen molar-refractivity contribution in [2.75, 3.05) is 6.54 Å². The summed E-state index contributed by atoms with van der Waals surface area (Å²) in [6, 6.07) is 1.59. The van der Waals surface area contributed by atoms with Crippen molar-refractivity contribution >= 4 is 5.97 Å². The van der Waals surface area contributed by atoms with Crippen LogP contribution >= 0.6 is 0 Å². The van der Waals surface area contributed by atoms with Crippen LogP contribution in [0.25, 0.3) is 0 Å². The maximum Gasteiger partial charge on any atom is 0.312 e. The molecular weight excluding hydrogens is 170 g/mol. The van der Waals surface area contributed by atoms with Gasteiger partial charge in [-0.15, -0.1) is 0 Å². The van der Waals surface area contributed by atoms with Crippen molar-refractivity contribution in [2.24, 2.45) is 5.73 Å². The first-order valence-corrected chi connectivity index (χ1v) is 3.94. The maximum absolute atomic E-state index is 10.8. The predicted octanol–water partition coefficient (Wildman–Crippen LogP) is -0.00640. The molecule has 0 aliphatic rings. The molecule has 1 heterocycles. The molecule has 5 nitrogen and oxygen atoms in total. The highest BCUT2D eigenvalue weighted by Gasteiger charge is 2.19. The van der Waals surface area contributed by atoms with Crippen LogP contribution in [0.1, 0.15) is 18.0 Å². The fourth-order valence-electron chi connectivity index (χ4n) is 1.07. The van der Waals surface area contributed by atoms with Crippen LogP contribution in [0.5, 0.6) is 0 Å². The average Bonchev–Trinajstić information content (AvgIpc) is 2.15. The van der Waals surface area contributed by atoms with E-state index in [9.17, 15) is 4.79 Å². The van der Waals surface area contributed by atoms with Crippen LogP contribution in [0.15, 0.2) is 18.6 Å². The second kappa shape index (κ2) is 4.51. The Balaban J connectivity index is 2.82. The third-order valence-electron chi connectivity index (χ3n) is 1.72. The quantitative estimate of drug-likeness (QED) is 0.682. The van der Waals surface area contributed by atoms with Gasteiger partial charge in [-0.3, -0.25) is 4.79 Å². The monoisotopic (exact) mass is 181 g/mol. The molecule has 0 saturated heterocycles. The third kappa shape index (κ3) is 2.48. The summed E-state index contributed by atoms with van der Waals surface area (Å²) in [6.07, 6.45) is 3.25. The van der Waals surface area contributed by atoms with E-state index >= 15 is 0 Å². The van der Waals surface area contributed by atoms with Crippen LogP contribution in [-0.2, 0) is 4.79 Å². The SMILES string of the molecule is NCCC(C(=O)O)c1ccncn1. The highest BCUT2D eigenvalue weighted by Crippen LogP contribution is 2.15. The molecule has 0 aliphatic carbocycles. The van der Waals surface area contributed by atoms with Crippen LogP contribution in [-0.4, -0.2) is 27.6 Å². The van der Waals surface area contributed by atoms with Gasteiger partial charge in [0.15, 0.2) is 0 Å². The second-order valence-electron chi connectivity index (χ2n) is 2.60.